The van der Waals surface area contributed by atoms with Gasteiger partial charge in [0.2, 0.25) is 5.78 Å². The molecule has 0 aliphatic rings. The quantitative estimate of drug-likeness (QED) is 0.534. The second-order valence-electron chi connectivity index (χ2n) is 5.02. The van der Waals surface area contributed by atoms with Crippen LogP contribution in [0.4, 0.5) is 13.2 Å². The molecule has 1 N–H and O–H groups in total. The van der Waals surface area contributed by atoms with Crippen LogP contribution < -0.4 is 0 Å². The fourth-order valence-corrected chi connectivity index (χ4v) is 2.25. The van der Waals surface area contributed by atoms with Crippen molar-refractivity contribution in [2.45, 2.75) is 26.6 Å². The van der Waals surface area contributed by atoms with Gasteiger partial charge >= 0.3 is 6.18 Å². The zero-order valence-electron chi connectivity index (χ0n) is 12.4. The second kappa shape index (κ2) is 6.12. The van der Waals surface area contributed by atoms with Gasteiger partial charge in [0.1, 0.15) is 18.2 Å². The number of nitrogens with one attached hydrogen (secondary N) is 1. The highest BCUT2D eigenvalue weighted by molar-refractivity contribution is 6.14. The summed E-state index contributed by atoms with van der Waals surface area (Å²) in [6.45, 7) is 1.74. The van der Waals surface area contributed by atoms with Crippen LogP contribution in [0, 0.1) is 25.2 Å². The average Bonchev–Trinajstić information content (AvgIpc) is 3.06. The van der Waals surface area contributed by atoms with E-state index in [0.29, 0.717) is 11.3 Å². The van der Waals surface area contributed by atoms with Gasteiger partial charge in [-0.1, -0.05) is 0 Å². The number of allylic oxidation sites excluding steroid dienone is 1. The molecule has 0 unspecified atom stereocenters. The summed E-state index contributed by atoms with van der Waals surface area (Å²) >= 11 is 0. The van der Waals surface area contributed by atoms with Gasteiger partial charge in [-0.25, -0.2) is 0 Å². The van der Waals surface area contributed by atoms with Crippen LogP contribution in [0.3, 0.4) is 0 Å². The summed E-state index contributed by atoms with van der Waals surface area (Å²) in [5, 5.41) is 15.4. The molecule has 0 spiro atoms. The third-order valence-corrected chi connectivity index (χ3v) is 3.35. The van der Waals surface area contributed by atoms with Crippen molar-refractivity contribution >= 4 is 11.9 Å². The summed E-state index contributed by atoms with van der Waals surface area (Å²) in [6.07, 6.45) is -0.129. The van der Waals surface area contributed by atoms with Gasteiger partial charge in [-0.15, -0.1) is 0 Å². The number of carbonyl (C=O) groups is 1. The Kier molecular flexibility index (Phi) is 4.40. The maximum absolute atomic E-state index is 12.6. The second-order valence-corrected chi connectivity index (χ2v) is 5.02. The van der Waals surface area contributed by atoms with Crippen molar-refractivity contribution in [2.24, 2.45) is 0 Å². The molecule has 0 aliphatic carbocycles. The predicted octanol–water partition coefficient (Wildman–Crippen LogP) is 3.18. The number of H-pyrrole nitrogens is 1. The first-order valence-electron chi connectivity index (χ1n) is 6.61. The fourth-order valence-electron chi connectivity index (χ4n) is 2.25. The van der Waals surface area contributed by atoms with Crippen molar-refractivity contribution in [1.29, 1.82) is 5.26 Å². The molecular formula is C15H13F3N4O. The third kappa shape index (κ3) is 3.69. The standard InChI is InChI=1S/C15H13F3N4O/c1-9-3-13(10(2)22(9)8-15(16,17)18)14(23)12(5-19)4-11-6-20-21-7-11/h3-4,6-7H,8H2,1-2H3,(H,20,21)/b12-4-. The summed E-state index contributed by atoms with van der Waals surface area (Å²) in [4.78, 5) is 12.4. The monoisotopic (exact) mass is 322 g/mol. The summed E-state index contributed by atoms with van der Waals surface area (Å²) in [5.41, 5.74) is 0.933. The van der Waals surface area contributed by atoms with Crippen LogP contribution in [0.15, 0.2) is 24.0 Å². The first kappa shape index (κ1) is 16.5. The Morgan fingerprint density at radius 2 is 2.17 bits per heavy atom. The summed E-state index contributed by atoms with van der Waals surface area (Å²) in [7, 11) is 0. The summed E-state index contributed by atoms with van der Waals surface area (Å²) in [5.74, 6) is -0.616. The van der Waals surface area contributed by atoms with Gasteiger partial charge in [0.15, 0.2) is 0 Å². The zero-order valence-corrected chi connectivity index (χ0v) is 12.4. The first-order chi connectivity index (χ1) is 10.7. The van der Waals surface area contributed by atoms with Crippen LogP contribution in [0.5, 0.6) is 0 Å². The number of ketones is 1. The molecule has 8 heteroatoms. The van der Waals surface area contributed by atoms with Gasteiger partial charge in [0.25, 0.3) is 0 Å². The third-order valence-electron chi connectivity index (χ3n) is 3.35. The smallest absolute Gasteiger partial charge is 0.339 e. The van der Waals surface area contributed by atoms with E-state index in [-0.39, 0.29) is 16.8 Å². The largest absolute Gasteiger partial charge is 0.406 e. The van der Waals surface area contributed by atoms with Crippen molar-refractivity contribution in [1.82, 2.24) is 14.8 Å². The van der Waals surface area contributed by atoms with E-state index >= 15 is 0 Å². The molecule has 5 nitrogen and oxygen atoms in total. The maximum atomic E-state index is 12.6. The average molecular weight is 322 g/mol. The molecule has 0 aromatic carbocycles. The Balaban J connectivity index is 2.40. The lowest BCUT2D eigenvalue weighted by Crippen LogP contribution is -2.19. The van der Waals surface area contributed by atoms with E-state index in [2.05, 4.69) is 10.2 Å². The minimum Gasteiger partial charge on any atom is -0.339 e. The highest BCUT2D eigenvalue weighted by Gasteiger charge is 2.30. The number of Topliss-reactive ketones (excluding diaryl/α,β-unsaturated/α-hetero) is 1. The van der Waals surface area contributed by atoms with E-state index in [9.17, 15) is 18.0 Å². The normalized spacial score (nSPS) is 12.3. The number of hydrogen-bond acceptors (Lipinski definition) is 3. The number of alkyl halides is 3. The van der Waals surface area contributed by atoms with Gasteiger partial charge in [0.05, 0.1) is 6.20 Å². The van der Waals surface area contributed by atoms with Gasteiger partial charge in [0, 0.05) is 28.7 Å². The number of halogens is 3. The van der Waals surface area contributed by atoms with E-state index in [0.717, 1.165) is 4.57 Å². The number of hydrogen-bond donors (Lipinski definition) is 1. The van der Waals surface area contributed by atoms with Crippen molar-refractivity contribution in [2.75, 3.05) is 0 Å². The number of nitriles is 1. The molecule has 0 saturated carbocycles. The minimum atomic E-state index is -4.39. The number of aryl methyl sites for hydroxylation is 1. The minimum absolute atomic E-state index is 0.0862. The Morgan fingerprint density at radius 3 is 2.70 bits per heavy atom. The molecule has 0 saturated heterocycles. The molecule has 0 aliphatic heterocycles. The molecule has 0 radical (unpaired) electrons. The Morgan fingerprint density at radius 1 is 1.48 bits per heavy atom. The van der Waals surface area contributed by atoms with Crippen molar-refractivity contribution in [3.63, 3.8) is 0 Å². The van der Waals surface area contributed by atoms with Crippen LogP contribution in [0.2, 0.25) is 0 Å². The molecule has 2 aromatic rings. The van der Waals surface area contributed by atoms with E-state index in [1.165, 1.54) is 38.4 Å². The molecule has 0 amide bonds. The molecule has 0 atom stereocenters. The fraction of sp³-hybridized carbons (Fsp3) is 0.267. The molecular weight excluding hydrogens is 309 g/mol. The van der Waals surface area contributed by atoms with Crippen LogP contribution >= 0.6 is 0 Å². The van der Waals surface area contributed by atoms with Crippen LogP contribution in [0.1, 0.15) is 27.3 Å². The van der Waals surface area contributed by atoms with Crippen LogP contribution in [-0.4, -0.2) is 26.7 Å². The van der Waals surface area contributed by atoms with Gasteiger partial charge in [-0.05, 0) is 26.0 Å². The van der Waals surface area contributed by atoms with Crippen molar-refractivity contribution in [3.05, 3.63) is 46.5 Å². The SMILES string of the molecule is Cc1cc(C(=O)/C(C#N)=C\c2cn[nH]c2)c(C)n1CC(F)(F)F. The Labute approximate surface area is 130 Å². The molecule has 2 rings (SSSR count). The van der Waals surface area contributed by atoms with Gasteiger partial charge in [-0.3, -0.25) is 9.89 Å². The lowest BCUT2D eigenvalue weighted by Gasteiger charge is -2.12. The maximum Gasteiger partial charge on any atom is 0.406 e. The molecule has 0 bridgehead atoms. The molecule has 2 aromatic heterocycles. The number of carbonyl (C=O) groups excluding carboxylic acids is 1. The van der Waals surface area contributed by atoms with Crippen molar-refractivity contribution in [3.8, 4) is 6.07 Å². The topological polar surface area (TPSA) is 74.5 Å². The number of rotatable bonds is 4. The molecule has 2 heterocycles. The molecule has 120 valence electrons. The van der Waals surface area contributed by atoms with E-state index in [4.69, 9.17) is 5.26 Å². The number of aromatic amines is 1. The Hall–Kier alpha value is -2.82. The lowest BCUT2D eigenvalue weighted by molar-refractivity contribution is -0.141. The number of nitrogens with zero attached hydrogens (tertiary/aromatic N) is 3. The van der Waals surface area contributed by atoms with E-state index < -0.39 is 18.5 Å². The van der Waals surface area contributed by atoms with Gasteiger partial charge < -0.3 is 4.57 Å². The molecule has 23 heavy (non-hydrogen) atoms. The van der Waals surface area contributed by atoms with Crippen LogP contribution in [0.25, 0.3) is 6.08 Å². The Bertz CT molecular complexity index is 792. The highest BCUT2D eigenvalue weighted by atomic mass is 19.4. The van der Waals surface area contributed by atoms with E-state index in [1.54, 1.807) is 6.07 Å². The zero-order chi connectivity index (χ0) is 17.2. The first-order valence-corrected chi connectivity index (χ1v) is 6.61. The predicted molar refractivity (Wildman–Crippen MR) is 76.5 cm³/mol. The van der Waals surface area contributed by atoms with E-state index in [1.807, 2.05) is 0 Å². The summed E-state index contributed by atoms with van der Waals surface area (Å²) < 4.78 is 38.8. The molecule has 0 fully saturated rings. The highest BCUT2D eigenvalue weighted by Crippen LogP contribution is 2.24. The van der Waals surface area contributed by atoms with Crippen molar-refractivity contribution < 1.29 is 18.0 Å². The van der Waals surface area contributed by atoms with Gasteiger partial charge in [-0.2, -0.15) is 23.5 Å². The summed E-state index contributed by atoms with van der Waals surface area (Å²) in [6, 6.07) is 3.15. The van der Waals surface area contributed by atoms with Crippen LogP contribution in [-0.2, 0) is 6.54 Å². The number of aromatic nitrogens is 3. The lowest BCUT2D eigenvalue weighted by atomic mass is 10.0.